The Morgan fingerprint density at radius 2 is 2.00 bits per heavy atom. The molecule has 0 aliphatic rings. The summed E-state index contributed by atoms with van der Waals surface area (Å²) in [5, 5.41) is 0. The second-order valence-corrected chi connectivity index (χ2v) is 3.45. The Morgan fingerprint density at radius 3 is 2.54 bits per heavy atom. The van der Waals surface area contributed by atoms with Crippen molar-refractivity contribution in [3.05, 3.63) is 33.8 Å². The fourth-order valence-electron chi connectivity index (χ4n) is 1.00. The molecule has 0 radical (unpaired) electrons. The van der Waals surface area contributed by atoms with E-state index in [0.29, 0.717) is 0 Å². The van der Waals surface area contributed by atoms with Crippen LogP contribution in [-0.4, -0.2) is 6.54 Å². The van der Waals surface area contributed by atoms with Gasteiger partial charge in [0.15, 0.2) is 0 Å². The molecule has 1 atom stereocenters. The molecule has 2 nitrogen and oxygen atoms in total. The number of rotatable bonds is 2. The van der Waals surface area contributed by atoms with E-state index < -0.39 is 17.7 Å². The molecule has 0 aliphatic carbocycles. The predicted molar refractivity (Wildman–Crippen MR) is 50.0 cm³/mol. The van der Waals surface area contributed by atoms with Gasteiger partial charge < -0.3 is 11.5 Å². The first-order chi connectivity index (χ1) is 6.07. The standard InChI is InChI=1S/C8H9BrF2N2/c9-4-1-2-5(10)7(8(4)11)6(13)3-12/h1-2,6H,3,12-13H2/t6-/m0/s1. The second kappa shape index (κ2) is 4.13. The van der Waals surface area contributed by atoms with Crippen molar-refractivity contribution in [2.24, 2.45) is 11.5 Å². The van der Waals surface area contributed by atoms with Gasteiger partial charge in [-0.2, -0.15) is 0 Å². The van der Waals surface area contributed by atoms with Gasteiger partial charge in [-0.05, 0) is 28.1 Å². The average Bonchev–Trinajstić information content (AvgIpc) is 2.12. The van der Waals surface area contributed by atoms with E-state index in [1.54, 1.807) is 0 Å². The van der Waals surface area contributed by atoms with E-state index in [2.05, 4.69) is 15.9 Å². The molecular weight excluding hydrogens is 242 g/mol. The quantitative estimate of drug-likeness (QED) is 0.786. The largest absolute Gasteiger partial charge is 0.329 e. The molecule has 0 heterocycles. The molecule has 1 aromatic rings. The van der Waals surface area contributed by atoms with Gasteiger partial charge in [0.2, 0.25) is 0 Å². The van der Waals surface area contributed by atoms with Crippen LogP contribution in [0.25, 0.3) is 0 Å². The Labute approximate surface area is 83.0 Å². The first-order valence-electron chi connectivity index (χ1n) is 3.67. The third-order valence-corrected chi connectivity index (χ3v) is 2.32. The van der Waals surface area contributed by atoms with Gasteiger partial charge in [-0.15, -0.1) is 0 Å². The number of halogens is 3. The fourth-order valence-corrected chi connectivity index (χ4v) is 1.35. The Bertz CT molecular complexity index is 317. The van der Waals surface area contributed by atoms with Gasteiger partial charge in [0.25, 0.3) is 0 Å². The normalized spacial score (nSPS) is 13.0. The number of hydrogen-bond donors (Lipinski definition) is 2. The molecule has 0 aliphatic heterocycles. The SMILES string of the molecule is NC[C@H](N)c1c(F)ccc(Br)c1F. The van der Waals surface area contributed by atoms with Crippen LogP contribution in [0.15, 0.2) is 16.6 Å². The van der Waals surface area contributed by atoms with Crippen molar-refractivity contribution < 1.29 is 8.78 Å². The van der Waals surface area contributed by atoms with Crippen LogP contribution in [-0.2, 0) is 0 Å². The molecule has 1 aromatic carbocycles. The van der Waals surface area contributed by atoms with Gasteiger partial charge in [-0.1, -0.05) is 0 Å². The van der Waals surface area contributed by atoms with Crippen molar-refractivity contribution in [3.63, 3.8) is 0 Å². The third kappa shape index (κ3) is 2.04. The summed E-state index contributed by atoms with van der Waals surface area (Å²) in [6, 6.07) is 1.63. The minimum absolute atomic E-state index is 0.00426. The molecule has 0 aromatic heterocycles. The van der Waals surface area contributed by atoms with Crippen LogP contribution >= 0.6 is 15.9 Å². The van der Waals surface area contributed by atoms with Crippen LogP contribution in [0.4, 0.5) is 8.78 Å². The van der Waals surface area contributed by atoms with Crippen LogP contribution in [0.3, 0.4) is 0 Å². The summed E-state index contributed by atoms with van der Waals surface area (Å²) < 4.78 is 26.5. The van der Waals surface area contributed by atoms with Crippen LogP contribution in [0, 0.1) is 11.6 Å². The second-order valence-electron chi connectivity index (χ2n) is 2.60. The van der Waals surface area contributed by atoms with E-state index in [9.17, 15) is 8.78 Å². The molecule has 0 bridgehead atoms. The Balaban J connectivity index is 3.25. The minimum Gasteiger partial charge on any atom is -0.329 e. The van der Waals surface area contributed by atoms with Gasteiger partial charge in [0.1, 0.15) is 11.6 Å². The lowest BCUT2D eigenvalue weighted by Crippen LogP contribution is -2.23. The predicted octanol–water partition coefficient (Wildman–Crippen LogP) is 1.69. The summed E-state index contributed by atoms with van der Waals surface area (Å²) in [6.45, 7) is 0.00426. The number of nitrogens with two attached hydrogens (primary N) is 2. The summed E-state index contributed by atoms with van der Waals surface area (Å²) in [5.41, 5.74) is 10.5. The molecule has 4 N–H and O–H groups in total. The molecule has 5 heteroatoms. The summed E-state index contributed by atoms with van der Waals surface area (Å²) in [4.78, 5) is 0. The maximum absolute atomic E-state index is 13.3. The average molecular weight is 251 g/mol. The van der Waals surface area contributed by atoms with Crippen molar-refractivity contribution in [3.8, 4) is 0 Å². The lowest BCUT2D eigenvalue weighted by Gasteiger charge is -2.11. The van der Waals surface area contributed by atoms with Crippen molar-refractivity contribution in [2.75, 3.05) is 6.54 Å². The van der Waals surface area contributed by atoms with Gasteiger partial charge >= 0.3 is 0 Å². The van der Waals surface area contributed by atoms with Gasteiger partial charge in [-0.25, -0.2) is 8.78 Å². The molecular formula is C8H9BrF2N2. The minimum atomic E-state index is -0.808. The van der Waals surface area contributed by atoms with Crippen LogP contribution in [0.5, 0.6) is 0 Å². The molecule has 13 heavy (non-hydrogen) atoms. The smallest absolute Gasteiger partial charge is 0.145 e. The highest BCUT2D eigenvalue weighted by atomic mass is 79.9. The van der Waals surface area contributed by atoms with Gasteiger partial charge in [-0.3, -0.25) is 0 Å². The molecule has 0 spiro atoms. The maximum Gasteiger partial charge on any atom is 0.145 e. The third-order valence-electron chi connectivity index (χ3n) is 1.70. The fraction of sp³-hybridized carbons (Fsp3) is 0.250. The summed E-state index contributed by atoms with van der Waals surface area (Å²) in [7, 11) is 0. The number of hydrogen-bond acceptors (Lipinski definition) is 2. The van der Waals surface area contributed by atoms with Crippen LogP contribution < -0.4 is 11.5 Å². The first kappa shape index (κ1) is 10.6. The van der Waals surface area contributed by atoms with Gasteiger partial charge in [0.05, 0.1) is 4.47 Å². The van der Waals surface area contributed by atoms with Crippen molar-refractivity contribution in [1.29, 1.82) is 0 Å². The maximum atomic E-state index is 13.3. The molecule has 1 rings (SSSR count). The Kier molecular flexibility index (Phi) is 3.35. The van der Waals surface area contributed by atoms with Crippen LogP contribution in [0.2, 0.25) is 0 Å². The highest BCUT2D eigenvalue weighted by Crippen LogP contribution is 2.24. The highest BCUT2D eigenvalue weighted by Gasteiger charge is 2.17. The molecule has 72 valence electrons. The topological polar surface area (TPSA) is 52.0 Å². The van der Waals surface area contributed by atoms with E-state index in [-0.39, 0.29) is 16.6 Å². The molecule has 0 saturated heterocycles. The summed E-state index contributed by atoms with van der Waals surface area (Å²) in [5.74, 6) is -1.35. The molecule has 0 unspecified atom stereocenters. The molecule has 0 saturated carbocycles. The zero-order valence-electron chi connectivity index (χ0n) is 6.73. The lowest BCUT2D eigenvalue weighted by atomic mass is 10.1. The van der Waals surface area contributed by atoms with Crippen molar-refractivity contribution in [1.82, 2.24) is 0 Å². The van der Waals surface area contributed by atoms with E-state index in [4.69, 9.17) is 11.5 Å². The van der Waals surface area contributed by atoms with E-state index >= 15 is 0 Å². The summed E-state index contributed by atoms with van der Waals surface area (Å²) in [6.07, 6.45) is 0. The first-order valence-corrected chi connectivity index (χ1v) is 4.46. The Morgan fingerprint density at radius 1 is 1.38 bits per heavy atom. The Hall–Kier alpha value is -0.520. The molecule has 0 fully saturated rings. The highest BCUT2D eigenvalue weighted by molar-refractivity contribution is 9.10. The van der Waals surface area contributed by atoms with Crippen molar-refractivity contribution in [2.45, 2.75) is 6.04 Å². The summed E-state index contributed by atoms with van der Waals surface area (Å²) >= 11 is 2.94. The monoisotopic (exact) mass is 250 g/mol. The zero-order chi connectivity index (χ0) is 10.0. The van der Waals surface area contributed by atoms with E-state index in [0.717, 1.165) is 6.07 Å². The molecule has 0 amide bonds. The lowest BCUT2D eigenvalue weighted by molar-refractivity contribution is 0.524. The zero-order valence-corrected chi connectivity index (χ0v) is 8.31. The van der Waals surface area contributed by atoms with Crippen molar-refractivity contribution >= 4 is 15.9 Å². The van der Waals surface area contributed by atoms with Gasteiger partial charge in [0, 0.05) is 18.2 Å². The van der Waals surface area contributed by atoms with Crippen LogP contribution in [0.1, 0.15) is 11.6 Å². The van der Waals surface area contributed by atoms with E-state index in [1.807, 2.05) is 0 Å². The number of benzene rings is 1. The van der Waals surface area contributed by atoms with E-state index in [1.165, 1.54) is 6.07 Å².